The van der Waals surface area contributed by atoms with Gasteiger partial charge in [0.25, 0.3) is 0 Å². The molecular formula is C23H30IN7O. The Morgan fingerprint density at radius 2 is 1.78 bits per heavy atom. The maximum Gasteiger partial charge on any atom is 0.194 e. The van der Waals surface area contributed by atoms with E-state index in [1.165, 1.54) is 5.56 Å². The Morgan fingerprint density at radius 3 is 2.44 bits per heavy atom. The zero-order valence-corrected chi connectivity index (χ0v) is 20.8. The van der Waals surface area contributed by atoms with Gasteiger partial charge in [-0.2, -0.15) is 5.10 Å². The van der Waals surface area contributed by atoms with Crippen LogP contribution in [-0.2, 0) is 13.1 Å². The van der Waals surface area contributed by atoms with Crippen LogP contribution in [0.5, 0.6) is 5.75 Å². The minimum absolute atomic E-state index is 0. The van der Waals surface area contributed by atoms with Crippen molar-refractivity contribution in [3.05, 3.63) is 66.0 Å². The fraction of sp³-hybridized carbons (Fsp3) is 0.348. The number of hydrogen-bond acceptors (Lipinski definition) is 5. The molecule has 9 heteroatoms. The van der Waals surface area contributed by atoms with Crippen LogP contribution < -0.4 is 10.1 Å². The number of halogens is 1. The lowest BCUT2D eigenvalue weighted by Gasteiger charge is -2.36. The summed E-state index contributed by atoms with van der Waals surface area (Å²) in [5.74, 6) is 3.15. The van der Waals surface area contributed by atoms with E-state index in [-0.39, 0.29) is 24.0 Å². The fourth-order valence-electron chi connectivity index (χ4n) is 3.70. The molecule has 0 saturated carbocycles. The third kappa shape index (κ3) is 6.19. The molecule has 0 radical (unpaired) electrons. The van der Waals surface area contributed by atoms with E-state index in [0.29, 0.717) is 12.4 Å². The monoisotopic (exact) mass is 547 g/mol. The summed E-state index contributed by atoms with van der Waals surface area (Å²) in [7, 11) is 3.48. The van der Waals surface area contributed by atoms with E-state index in [9.17, 15) is 0 Å². The highest BCUT2D eigenvalue weighted by atomic mass is 127. The summed E-state index contributed by atoms with van der Waals surface area (Å²) in [6, 6.07) is 18.3. The van der Waals surface area contributed by atoms with Crippen molar-refractivity contribution in [2.24, 2.45) is 4.99 Å². The van der Waals surface area contributed by atoms with E-state index in [1.807, 2.05) is 31.3 Å². The zero-order valence-electron chi connectivity index (χ0n) is 18.5. The van der Waals surface area contributed by atoms with Crippen LogP contribution in [0.2, 0.25) is 0 Å². The van der Waals surface area contributed by atoms with Crippen molar-refractivity contribution in [2.75, 3.05) is 40.3 Å². The van der Waals surface area contributed by atoms with Gasteiger partial charge in [0.05, 0.1) is 13.7 Å². The fourth-order valence-corrected chi connectivity index (χ4v) is 3.70. The Balaban J connectivity index is 0.00000289. The molecule has 0 atom stereocenters. The van der Waals surface area contributed by atoms with Gasteiger partial charge >= 0.3 is 0 Å². The molecule has 4 rings (SSSR count). The number of aromatic nitrogens is 3. The summed E-state index contributed by atoms with van der Waals surface area (Å²) in [5.41, 5.74) is 2.30. The van der Waals surface area contributed by atoms with Crippen LogP contribution in [0.15, 0.2) is 59.6 Å². The number of nitrogens with zero attached hydrogens (tertiary/aromatic N) is 5. The molecule has 8 nitrogen and oxygen atoms in total. The Kier molecular flexibility index (Phi) is 8.86. The number of ether oxygens (including phenoxy) is 1. The van der Waals surface area contributed by atoms with E-state index >= 15 is 0 Å². The first-order chi connectivity index (χ1) is 15.2. The average molecular weight is 547 g/mol. The van der Waals surface area contributed by atoms with E-state index in [2.05, 4.69) is 65.6 Å². The van der Waals surface area contributed by atoms with Crippen LogP contribution in [0.25, 0.3) is 11.4 Å². The molecule has 1 aromatic heterocycles. The maximum absolute atomic E-state index is 5.20. The van der Waals surface area contributed by atoms with Gasteiger partial charge in [0.2, 0.25) is 0 Å². The van der Waals surface area contributed by atoms with Gasteiger partial charge in [-0.1, -0.05) is 30.3 Å². The Bertz CT molecular complexity index is 983. The molecule has 1 aliphatic rings. The molecule has 0 bridgehead atoms. The second-order valence-corrected chi connectivity index (χ2v) is 7.48. The minimum atomic E-state index is 0. The number of guanidine groups is 1. The van der Waals surface area contributed by atoms with Crippen LogP contribution in [0.4, 0.5) is 0 Å². The molecule has 1 aliphatic heterocycles. The highest BCUT2D eigenvalue weighted by molar-refractivity contribution is 14.0. The van der Waals surface area contributed by atoms with Crippen LogP contribution in [0.3, 0.4) is 0 Å². The second kappa shape index (κ2) is 11.8. The molecular weight excluding hydrogens is 517 g/mol. The first-order valence-electron chi connectivity index (χ1n) is 10.5. The number of methoxy groups -OCH3 is 1. The van der Waals surface area contributed by atoms with Crippen LogP contribution >= 0.6 is 24.0 Å². The van der Waals surface area contributed by atoms with Crippen molar-refractivity contribution in [3.8, 4) is 17.1 Å². The number of nitrogens with one attached hydrogen (secondary N) is 2. The van der Waals surface area contributed by atoms with Gasteiger partial charge in [0, 0.05) is 45.3 Å². The molecule has 170 valence electrons. The lowest BCUT2D eigenvalue weighted by molar-refractivity contribution is 0.172. The molecule has 0 aliphatic carbocycles. The summed E-state index contributed by atoms with van der Waals surface area (Å²) in [5, 5.41) is 10.8. The molecule has 0 amide bonds. The summed E-state index contributed by atoms with van der Waals surface area (Å²) in [4.78, 5) is 13.8. The molecule has 3 aromatic rings. The molecule has 0 unspecified atom stereocenters. The lowest BCUT2D eigenvalue weighted by atomic mass is 10.2. The molecule has 2 heterocycles. The van der Waals surface area contributed by atoms with E-state index in [4.69, 9.17) is 4.74 Å². The number of benzene rings is 2. The summed E-state index contributed by atoms with van der Waals surface area (Å²) in [6.45, 7) is 5.45. The number of H-pyrrole nitrogens is 1. The van der Waals surface area contributed by atoms with Gasteiger partial charge in [-0.25, -0.2) is 4.98 Å². The van der Waals surface area contributed by atoms with E-state index < -0.39 is 0 Å². The third-order valence-electron chi connectivity index (χ3n) is 5.43. The smallest absolute Gasteiger partial charge is 0.194 e. The number of aliphatic imine (C=N–C) groups is 1. The third-order valence-corrected chi connectivity index (χ3v) is 5.43. The quantitative estimate of drug-likeness (QED) is 0.281. The van der Waals surface area contributed by atoms with Crippen LogP contribution in [0.1, 0.15) is 11.4 Å². The summed E-state index contributed by atoms with van der Waals surface area (Å²) < 4.78 is 5.20. The van der Waals surface area contributed by atoms with Gasteiger partial charge < -0.3 is 15.0 Å². The first kappa shape index (κ1) is 24.0. The molecule has 1 fully saturated rings. The zero-order chi connectivity index (χ0) is 21.5. The first-order valence-corrected chi connectivity index (χ1v) is 10.5. The SMILES string of the molecule is CN=C(NCc1nc(-c2ccc(OC)cc2)n[nH]1)N1CCN(Cc2ccccc2)CC1.I. The van der Waals surface area contributed by atoms with E-state index in [0.717, 1.165) is 55.8 Å². The largest absolute Gasteiger partial charge is 0.497 e. The van der Waals surface area contributed by atoms with Crippen molar-refractivity contribution < 1.29 is 4.74 Å². The topological polar surface area (TPSA) is 81.7 Å². The average Bonchev–Trinajstić information content (AvgIpc) is 3.30. The molecule has 1 saturated heterocycles. The number of aromatic amines is 1. The van der Waals surface area contributed by atoms with Crippen molar-refractivity contribution in [1.82, 2.24) is 30.3 Å². The van der Waals surface area contributed by atoms with Crippen LogP contribution in [0, 0.1) is 0 Å². The van der Waals surface area contributed by atoms with Gasteiger partial charge in [-0.15, -0.1) is 24.0 Å². The number of piperazine rings is 1. The Labute approximate surface area is 206 Å². The molecule has 0 spiro atoms. The minimum Gasteiger partial charge on any atom is -0.497 e. The van der Waals surface area contributed by atoms with Crippen molar-refractivity contribution in [2.45, 2.75) is 13.1 Å². The normalized spacial score (nSPS) is 14.7. The molecule has 32 heavy (non-hydrogen) atoms. The summed E-state index contributed by atoms with van der Waals surface area (Å²) >= 11 is 0. The maximum atomic E-state index is 5.20. The van der Waals surface area contributed by atoms with Crippen molar-refractivity contribution >= 4 is 29.9 Å². The predicted octanol–water partition coefficient (Wildman–Crippen LogP) is 2.99. The van der Waals surface area contributed by atoms with E-state index in [1.54, 1.807) is 7.11 Å². The second-order valence-electron chi connectivity index (χ2n) is 7.48. The number of hydrogen-bond donors (Lipinski definition) is 2. The Morgan fingerprint density at radius 1 is 1.06 bits per heavy atom. The van der Waals surface area contributed by atoms with Gasteiger partial charge in [-0.05, 0) is 29.8 Å². The van der Waals surface area contributed by atoms with Crippen LogP contribution in [-0.4, -0.2) is 71.3 Å². The lowest BCUT2D eigenvalue weighted by Crippen LogP contribution is -2.52. The highest BCUT2D eigenvalue weighted by Gasteiger charge is 2.20. The summed E-state index contributed by atoms with van der Waals surface area (Å²) in [6.07, 6.45) is 0. The van der Waals surface area contributed by atoms with Gasteiger partial charge in [0.15, 0.2) is 11.8 Å². The highest BCUT2D eigenvalue weighted by Crippen LogP contribution is 2.19. The molecule has 2 aromatic carbocycles. The van der Waals surface area contributed by atoms with Gasteiger partial charge in [-0.3, -0.25) is 15.0 Å². The van der Waals surface area contributed by atoms with Gasteiger partial charge in [0.1, 0.15) is 11.6 Å². The predicted molar refractivity (Wildman–Crippen MR) is 137 cm³/mol. The number of rotatable bonds is 6. The van der Waals surface area contributed by atoms with Crippen molar-refractivity contribution in [3.63, 3.8) is 0 Å². The molecule has 2 N–H and O–H groups in total. The Hall–Kier alpha value is -2.66. The standard InChI is InChI=1S/C23H29N7O.HI/c1-24-23(30-14-12-29(13-15-30)17-18-6-4-3-5-7-18)25-16-21-26-22(28-27-21)19-8-10-20(31-2)11-9-19;/h3-11H,12-17H2,1-2H3,(H,24,25)(H,26,27,28);1H. The van der Waals surface area contributed by atoms with Crippen molar-refractivity contribution in [1.29, 1.82) is 0 Å².